The zero-order valence-electron chi connectivity index (χ0n) is 54.8. The third-order valence-electron chi connectivity index (χ3n) is 19.0. The molecule has 460 valence electrons. The first-order valence-corrected chi connectivity index (χ1v) is 50.6. The monoisotopic (exact) mass is 1280 g/mol. The predicted octanol–water partition coefficient (Wildman–Crippen LogP) is 19.8. The summed E-state index contributed by atoms with van der Waals surface area (Å²) >= 11 is 0. The second-order valence-electron chi connectivity index (χ2n) is 23.4. The maximum absolute atomic E-state index is 8.21. The van der Waals surface area contributed by atoms with Crippen LogP contribution in [-0.2, 0) is 41.2 Å². The minimum Gasteiger partial charge on any atom is -0.409 e. The van der Waals surface area contributed by atoms with Crippen LogP contribution in [0.2, 0.25) is 55.4 Å². The van der Waals surface area contributed by atoms with Crippen LogP contribution in [0.25, 0.3) is 0 Å². The number of hydrogen-bond acceptors (Lipinski definition) is 10. The van der Waals surface area contributed by atoms with Gasteiger partial charge in [-0.2, -0.15) is 0 Å². The van der Waals surface area contributed by atoms with Crippen LogP contribution in [-0.4, -0.2) is 85.6 Å². The molecule has 0 aliphatic carbocycles. The SMILES string of the molecule is C=C[Si]1(C(C)CC)O[Si](C=C)(C(C)CC)O[Si](C=C)(C(C)CC)O[Si](C=C)(C(C)CC)O[Si](C=C)(C(C)CC)O[Si](C=C)(C(C)CC)O[Si](C=C)(C(C)CC)O[Si](C=C)(C(C)CC)O[Si](C=C)(C(C)CC)O[Si](C=C)(C(C)CC)O1. The largest absolute Gasteiger partial charge is 0.409 e. The molecule has 20 heteroatoms. The van der Waals surface area contributed by atoms with Gasteiger partial charge in [0.2, 0.25) is 0 Å². The average molecular weight is 1280 g/mol. The van der Waals surface area contributed by atoms with Crippen LogP contribution >= 0.6 is 0 Å². The van der Waals surface area contributed by atoms with Crippen molar-refractivity contribution < 1.29 is 41.2 Å². The van der Waals surface area contributed by atoms with E-state index in [-0.39, 0.29) is 55.4 Å². The number of hydrogen-bond donors (Lipinski definition) is 0. The highest BCUT2D eigenvalue weighted by atomic mass is 28.5. The van der Waals surface area contributed by atoms with Gasteiger partial charge in [-0.15, -0.1) is 65.8 Å². The van der Waals surface area contributed by atoms with Crippen molar-refractivity contribution in [2.75, 3.05) is 0 Å². The van der Waals surface area contributed by atoms with Gasteiger partial charge in [0.05, 0.1) is 0 Å². The van der Waals surface area contributed by atoms with Crippen LogP contribution in [0.5, 0.6) is 0 Å². The van der Waals surface area contributed by atoms with Crippen LogP contribution in [0.1, 0.15) is 203 Å². The van der Waals surface area contributed by atoms with Crippen molar-refractivity contribution in [2.45, 2.75) is 258 Å². The highest BCUT2D eigenvalue weighted by Crippen LogP contribution is 2.52. The fourth-order valence-corrected chi connectivity index (χ4v) is 68.2. The molecule has 0 aromatic heterocycles. The Morgan fingerprint density at radius 2 is 0.250 bits per heavy atom. The van der Waals surface area contributed by atoms with E-state index in [1.165, 1.54) is 0 Å². The van der Waals surface area contributed by atoms with Crippen LogP contribution in [0.3, 0.4) is 0 Å². The molecule has 1 aliphatic heterocycles. The molecule has 1 fully saturated rings. The Balaban J connectivity index is 5.61. The summed E-state index contributed by atoms with van der Waals surface area (Å²) in [5.74, 6) is 0. The van der Waals surface area contributed by atoms with Gasteiger partial charge in [0, 0.05) is 55.4 Å². The minimum atomic E-state index is -3.79. The van der Waals surface area contributed by atoms with E-state index in [0.29, 0.717) is 0 Å². The fraction of sp³-hybridized carbons (Fsp3) is 0.667. The highest BCUT2D eigenvalue weighted by Gasteiger charge is 2.67. The molecule has 0 spiro atoms. The Kier molecular flexibility index (Phi) is 31.6. The summed E-state index contributed by atoms with van der Waals surface area (Å²) in [6, 6.07) is 0. The molecular formula is C60H120O10Si10. The molecular weight excluding hydrogens is 1160 g/mol. The second kappa shape index (κ2) is 32.8. The predicted molar refractivity (Wildman–Crippen MR) is 368 cm³/mol. The zero-order valence-corrected chi connectivity index (χ0v) is 64.8. The molecule has 0 saturated carbocycles. The molecule has 0 amide bonds. The maximum Gasteiger partial charge on any atom is 0.350 e. The minimum absolute atomic E-state index is 0.140. The van der Waals surface area contributed by atoms with Crippen molar-refractivity contribution in [1.82, 2.24) is 0 Å². The van der Waals surface area contributed by atoms with Crippen LogP contribution < -0.4 is 0 Å². The summed E-state index contributed by atoms with van der Waals surface area (Å²) in [6.07, 6.45) is 7.25. The van der Waals surface area contributed by atoms with Crippen molar-refractivity contribution in [3.63, 3.8) is 0 Å². The van der Waals surface area contributed by atoms with E-state index in [1.807, 2.05) is 57.0 Å². The lowest BCUT2D eigenvalue weighted by Gasteiger charge is -2.55. The van der Waals surface area contributed by atoms with Crippen molar-refractivity contribution in [3.8, 4) is 0 Å². The van der Waals surface area contributed by atoms with Gasteiger partial charge in [0.25, 0.3) is 0 Å². The van der Waals surface area contributed by atoms with Crippen LogP contribution in [0, 0.1) is 0 Å². The lowest BCUT2D eigenvalue weighted by molar-refractivity contribution is 0.214. The zero-order chi connectivity index (χ0) is 62.0. The molecule has 0 bridgehead atoms. The Labute approximate surface area is 504 Å². The molecule has 0 N–H and O–H groups in total. The van der Waals surface area contributed by atoms with Gasteiger partial charge in [-0.1, -0.05) is 260 Å². The quantitative estimate of drug-likeness (QED) is 0.0648. The molecule has 1 aliphatic rings. The molecule has 0 aromatic rings. The van der Waals surface area contributed by atoms with Gasteiger partial charge >= 0.3 is 85.6 Å². The Morgan fingerprint density at radius 1 is 0.188 bits per heavy atom. The molecule has 1 saturated heterocycles. The molecule has 80 heavy (non-hydrogen) atoms. The van der Waals surface area contributed by atoms with Gasteiger partial charge < -0.3 is 41.2 Å². The average Bonchev–Trinajstić information content (AvgIpc) is 3.49. The third-order valence-corrected chi connectivity index (χ3v) is 68.1. The Morgan fingerprint density at radius 3 is 0.287 bits per heavy atom. The van der Waals surface area contributed by atoms with Crippen LogP contribution in [0.4, 0.5) is 0 Å². The standard InChI is InChI=1S/C60H120O10Si10/c1-31-51(21)71(41-11)61-72(42-12,52(22)32-2)63-74(44-14,54(24)34-4)65-76(46-16,56(26)36-6)67-78(48-18,58(28)38-8)69-80(50-20,60(30)40-10)70-79(49-19,59(29)39-9)68-77(47-17,57(27)37-7)66-75(45-15,55(25)35-5)64-73(43-13,62-71)53(23)33-3/h41-60H,11-20,31-40H2,1-10,21-30H3. The third kappa shape index (κ3) is 15.6. The molecule has 1 heterocycles. The summed E-state index contributed by atoms with van der Waals surface area (Å²) in [6.45, 7) is 90.6. The van der Waals surface area contributed by atoms with E-state index in [9.17, 15) is 0 Å². The van der Waals surface area contributed by atoms with Crippen molar-refractivity contribution in [3.05, 3.63) is 123 Å². The van der Waals surface area contributed by atoms with Gasteiger partial charge in [-0.05, 0) is 0 Å². The summed E-state index contributed by atoms with van der Waals surface area (Å²) in [5.41, 5.74) is 18.3. The lowest BCUT2D eigenvalue weighted by Crippen LogP contribution is -2.72. The van der Waals surface area contributed by atoms with E-state index < -0.39 is 85.6 Å². The Hall–Kier alpha value is -0.831. The van der Waals surface area contributed by atoms with E-state index in [1.54, 1.807) is 0 Å². The fourth-order valence-electron chi connectivity index (χ4n) is 10.4. The van der Waals surface area contributed by atoms with Crippen molar-refractivity contribution in [1.29, 1.82) is 0 Å². The smallest absolute Gasteiger partial charge is 0.350 e. The van der Waals surface area contributed by atoms with E-state index in [2.05, 4.69) is 204 Å². The summed E-state index contributed by atoms with van der Waals surface area (Å²) in [7, 11) is -37.9. The van der Waals surface area contributed by atoms with Gasteiger partial charge in [0.1, 0.15) is 0 Å². The molecule has 10 atom stereocenters. The number of rotatable bonds is 30. The summed E-state index contributed by atoms with van der Waals surface area (Å²) in [5, 5.41) is 0. The van der Waals surface area contributed by atoms with Gasteiger partial charge in [-0.25, -0.2) is 0 Å². The topological polar surface area (TPSA) is 92.3 Å². The van der Waals surface area contributed by atoms with Gasteiger partial charge in [-0.3, -0.25) is 0 Å². The van der Waals surface area contributed by atoms with Crippen molar-refractivity contribution in [2.24, 2.45) is 0 Å². The van der Waals surface area contributed by atoms with Crippen LogP contribution in [0.15, 0.2) is 123 Å². The first-order valence-electron chi connectivity index (χ1n) is 30.9. The molecule has 0 aromatic carbocycles. The van der Waals surface area contributed by atoms with E-state index >= 15 is 0 Å². The summed E-state index contributed by atoms with van der Waals surface area (Å²) < 4.78 is 82.1. The first kappa shape index (κ1) is 77.2. The lowest BCUT2D eigenvalue weighted by atomic mass is 10.4. The summed E-state index contributed by atoms with van der Waals surface area (Å²) in [4.78, 5) is 0. The maximum atomic E-state index is 8.21. The molecule has 1 rings (SSSR count). The normalized spacial score (nSPS) is 37.2. The first-order chi connectivity index (χ1) is 37.5. The highest BCUT2D eigenvalue weighted by molar-refractivity contribution is 7.02. The van der Waals surface area contributed by atoms with E-state index in [0.717, 1.165) is 64.2 Å². The van der Waals surface area contributed by atoms with E-state index in [4.69, 9.17) is 41.2 Å². The molecule has 10 nitrogen and oxygen atoms in total. The second-order valence-corrected chi connectivity index (χ2v) is 59.9. The van der Waals surface area contributed by atoms with Crippen molar-refractivity contribution >= 4 is 85.6 Å². The molecule has 0 radical (unpaired) electrons. The van der Waals surface area contributed by atoms with Gasteiger partial charge in [0.15, 0.2) is 0 Å². The molecule has 10 unspecified atom stereocenters. The Bertz CT molecular complexity index is 1560.